The van der Waals surface area contributed by atoms with E-state index in [1.807, 2.05) is 30.3 Å². The van der Waals surface area contributed by atoms with Crippen LogP contribution in [0.3, 0.4) is 0 Å². The number of hydrogen-bond donors (Lipinski definition) is 0. The molecule has 0 spiro atoms. The maximum absolute atomic E-state index is 11.7. The molecule has 0 aromatic heterocycles. The lowest BCUT2D eigenvalue weighted by atomic mass is 10.2. The highest BCUT2D eigenvalue weighted by Gasteiger charge is 2.09. The molecule has 2 aromatic rings. The van der Waals surface area contributed by atoms with Gasteiger partial charge in [-0.1, -0.05) is 45.4 Å². The number of halogens is 2. The van der Waals surface area contributed by atoms with Gasteiger partial charge in [0, 0.05) is 8.95 Å². The van der Waals surface area contributed by atoms with Crippen molar-refractivity contribution in [2.24, 2.45) is 5.16 Å². The van der Waals surface area contributed by atoms with Gasteiger partial charge in [0.1, 0.15) is 0 Å². The lowest BCUT2D eigenvalue weighted by Crippen LogP contribution is -2.01. The van der Waals surface area contributed by atoms with Crippen LogP contribution in [0.4, 0.5) is 0 Å². The summed E-state index contributed by atoms with van der Waals surface area (Å²) < 4.78 is 1.66. The van der Waals surface area contributed by atoms with Gasteiger partial charge in [-0.2, -0.15) is 0 Å². The molecule has 19 heavy (non-hydrogen) atoms. The molecule has 2 rings (SSSR count). The first-order valence-electron chi connectivity index (χ1n) is 5.41. The zero-order valence-electron chi connectivity index (χ0n) is 9.72. The molecule has 2 aromatic carbocycles. The Morgan fingerprint density at radius 3 is 2.42 bits per heavy atom. The first-order chi connectivity index (χ1) is 9.16. The van der Waals surface area contributed by atoms with Gasteiger partial charge in [0.15, 0.2) is 0 Å². The van der Waals surface area contributed by atoms with Crippen molar-refractivity contribution in [3.8, 4) is 0 Å². The van der Waals surface area contributed by atoms with Gasteiger partial charge >= 0.3 is 5.97 Å². The second-order valence-electron chi connectivity index (χ2n) is 3.64. The van der Waals surface area contributed by atoms with Crippen molar-refractivity contribution < 1.29 is 9.63 Å². The van der Waals surface area contributed by atoms with Gasteiger partial charge in [-0.25, -0.2) is 4.79 Å². The topological polar surface area (TPSA) is 38.7 Å². The maximum Gasteiger partial charge on any atom is 0.366 e. The van der Waals surface area contributed by atoms with Gasteiger partial charge in [-0.15, -0.1) is 0 Å². The summed E-state index contributed by atoms with van der Waals surface area (Å²) in [7, 11) is 0. The molecule has 0 saturated carbocycles. The zero-order chi connectivity index (χ0) is 13.7. The van der Waals surface area contributed by atoms with Crippen molar-refractivity contribution in [3.05, 3.63) is 68.6 Å². The summed E-state index contributed by atoms with van der Waals surface area (Å²) in [4.78, 5) is 16.6. The quantitative estimate of drug-likeness (QED) is 0.448. The lowest BCUT2D eigenvalue weighted by Gasteiger charge is -2.00. The Bertz CT molecular complexity index is 609. The average Bonchev–Trinajstić information content (AvgIpc) is 2.41. The molecule has 0 N–H and O–H groups in total. The third-order valence-electron chi connectivity index (χ3n) is 2.30. The molecule has 0 fully saturated rings. The largest absolute Gasteiger partial charge is 0.366 e. The molecule has 0 radical (unpaired) electrons. The summed E-state index contributed by atoms with van der Waals surface area (Å²) in [5, 5.41) is 3.68. The fourth-order valence-corrected chi connectivity index (χ4v) is 2.07. The molecular weight excluding hydrogens is 374 g/mol. The van der Waals surface area contributed by atoms with Crippen molar-refractivity contribution >= 4 is 44.0 Å². The van der Waals surface area contributed by atoms with Crippen molar-refractivity contribution in [2.45, 2.75) is 0 Å². The smallest absolute Gasteiger partial charge is 0.313 e. The molecule has 0 bridgehead atoms. The van der Waals surface area contributed by atoms with Crippen molar-refractivity contribution in [1.29, 1.82) is 0 Å². The van der Waals surface area contributed by atoms with Gasteiger partial charge in [-0.3, -0.25) is 0 Å². The standard InChI is InChI=1S/C14H9Br2NO2/c15-11-7-5-10(6-8-11)9-17-19-14(18)12-3-1-2-4-13(12)16/h1-9H/b17-9+. The van der Waals surface area contributed by atoms with Crippen molar-refractivity contribution in [2.75, 3.05) is 0 Å². The normalized spacial score (nSPS) is 10.6. The number of rotatable bonds is 3. The Morgan fingerprint density at radius 1 is 1.05 bits per heavy atom. The summed E-state index contributed by atoms with van der Waals surface area (Å²) in [6.45, 7) is 0. The van der Waals surface area contributed by atoms with Crippen molar-refractivity contribution in [1.82, 2.24) is 0 Å². The van der Waals surface area contributed by atoms with Crippen LogP contribution in [0, 0.1) is 0 Å². The molecule has 0 aliphatic heterocycles. The fourth-order valence-electron chi connectivity index (χ4n) is 1.36. The second-order valence-corrected chi connectivity index (χ2v) is 5.41. The number of carbonyl (C=O) groups excluding carboxylic acids is 1. The molecule has 0 unspecified atom stereocenters. The van der Waals surface area contributed by atoms with Gasteiger partial charge < -0.3 is 4.84 Å². The van der Waals surface area contributed by atoms with E-state index < -0.39 is 5.97 Å². The number of benzene rings is 2. The average molecular weight is 383 g/mol. The highest BCUT2D eigenvalue weighted by atomic mass is 79.9. The van der Waals surface area contributed by atoms with Crippen LogP contribution in [-0.2, 0) is 4.84 Å². The van der Waals surface area contributed by atoms with Gasteiger partial charge in [-0.05, 0) is 45.8 Å². The summed E-state index contributed by atoms with van der Waals surface area (Å²) in [6, 6.07) is 14.5. The minimum atomic E-state index is -0.499. The monoisotopic (exact) mass is 381 g/mol. The van der Waals surface area contributed by atoms with Crippen molar-refractivity contribution in [3.63, 3.8) is 0 Å². The molecule has 0 heterocycles. The SMILES string of the molecule is O=C(O/N=C/c1ccc(Br)cc1)c1ccccc1Br. The van der Waals surface area contributed by atoms with Crippen LogP contribution in [0.1, 0.15) is 15.9 Å². The number of carbonyl (C=O) groups is 1. The van der Waals surface area contributed by atoms with Crippen LogP contribution < -0.4 is 0 Å². The number of oxime groups is 1. The summed E-state index contributed by atoms with van der Waals surface area (Å²) in [5.74, 6) is -0.499. The molecule has 5 heteroatoms. The van der Waals surface area contributed by atoms with Gasteiger partial charge in [0.2, 0.25) is 0 Å². The first kappa shape index (κ1) is 14.0. The van der Waals surface area contributed by atoms with Crippen LogP contribution in [-0.4, -0.2) is 12.2 Å². The Kier molecular flexibility index (Phi) is 4.87. The van der Waals surface area contributed by atoms with Crippen LogP contribution in [0.5, 0.6) is 0 Å². The molecular formula is C14H9Br2NO2. The lowest BCUT2D eigenvalue weighted by molar-refractivity contribution is 0.0518. The van der Waals surface area contributed by atoms with E-state index in [1.54, 1.807) is 18.2 Å². The number of nitrogens with zero attached hydrogens (tertiary/aromatic N) is 1. The minimum Gasteiger partial charge on any atom is -0.313 e. The third kappa shape index (κ3) is 4.01. The number of hydrogen-bond acceptors (Lipinski definition) is 3. The second kappa shape index (κ2) is 6.63. The molecule has 96 valence electrons. The van der Waals surface area contributed by atoms with Gasteiger partial charge in [0.25, 0.3) is 0 Å². The Balaban J connectivity index is 2.01. The van der Waals surface area contributed by atoms with E-state index in [2.05, 4.69) is 37.0 Å². The maximum atomic E-state index is 11.7. The molecule has 3 nitrogen and oxygen atoms in total. The van der Waals surface area contributed by atoms with E-state index >= 15 is 0 Å². The van der Waals surface area contributed by atoms with E-state index in [1.165, 1.54) is 6.21 Å². The van der Waals surface area contributed by atoms with Gasteiger partial charge in [0.05, 0.1) is 11.8 Å². The summed E-state index contributed by atoms with van der Waals surface area (Å²) in [5.41, 5.74) is 1.29. The molecule has 0 aliphatic rings. The third-order valence-corrected chi connectivity index (χ3v) is 3.52. The molecule has 0 atom stereocenters. The Labute approximate surface area is 127 Å². The first-order valence-corrected chi connectivity index (χ1v) is 7.00. The fraction of sp³-hybridized carbons (Fsp3) is 0. The molecule has 0 amide bonds. The molecule has 0 aliphatic carbocycles. The molecule has 0 saturated heterocycles. The van der Waals surface area contributed by atoms with E-state index in [9.17, 15) is 4.79 Å². The van der Waals surface area contributed by atoms with E-state index in [0.717, 1.165) is 10.0 Å². The summed E-state index contributed by atoms with van der Waals surface area (Å²) in [6.07, 6.45) is 1.49. The predicted molar refractivity (Wildman–Crippen MR) is 81.3 cm³/mol. The van der Waals surface area contributed by atoms with Crippen LogP contribution >= 0.6 is 31.9 Å². The van der Waals surface area contributed by atoms with Crippen LogP contribution in [0.25, 0.3) is 0 Å². The van der Waals surface area contributed by atoms with E-state index in [4.69, 9.17) is 4.84 Å². The zero-order valence-corrected chi connectivity index (χ0v) is 12.9. The Morgan fingerprint density at radius 2 is 1.74 bits per heavy atom. The summed E-state index contributed by atoms with van der Waals surface area (Å²) >= 11 is 6.62. The highest BCUT2D eigenvalue weighted by Crippen LogP contribution is 2.16. The van der Waals surface area contributed by atoms with Crippen LogP contribution in [0.2, 0.25) is 0 Å². The minimum absolute atomic E-state index is 0.440. The van der Waals surface area contributed by atoms with E-state index in [0.29, 0.717) is 10.0 Å². The van der Waals surface area contributed by atoms with Crippen LogP contribution in [0.15, 0.2) is 62.6 Å². The van der Waals surface area contributed by atoms with E-state index in [-0.39, 0.29) is 0 Å². The Hall–Kier alpha value is -1.46. The highest BCUT2D eigenvalue weighted by molar-refractivity contribution is 9.10. The predicted octanol–water partition coefficient (Wildman–Crippen LogP) is 4.40.